The molecule has 7 heteroatoms. The minimum atomic E-state index is -4.17. The van der Waals surface area contributed by atoms with E-state index >= 15 is 0 Å². The molecular formula is C10H15BrF3N3. The minimum absolute atomic E-state index is 0.252. The molecule has 0 fully saturated rings. The molecule has 1 aromatic heterocycles. The van der Waals surface area contributed by atoms with E-state index in [0.29, 0.717) is 11.9 Å². The molecule has 3 nitrogen and oxygen atoms in total. The monoisotopic (exact) mass is 313 g/mol. The highest BCUT2D eigenvalue weighted by molar-refractivity contribution is 9.09. The summed E-state index contributed by atoms with van der Waals surface area (Å²) in [6.45, 7) is 1.52. The van der Waals surface area contributed by atoms with Crippen molar-refractivity contribution in [1.82, 2.24) is 14.7 Å². The lowest BCUT2D eigenvalue weighted by molar-refractivity contribution is -0.146. The molecule has 0 bridgehead atoms. The standard InChI is InChI=1S/C10H15BrF3N3/c1-8-5-9(16(2)15-8)6-17(4-3-11)7-10(12,13)14/h5H,3-4,6-7H2,1-2H3. The van der Waals surface area contributed by atoms with Crippen LogP contribution in [0.1, 0.15) is 11.4 Å². The lowest BCUT2D eigenvalue weighted by Gasteiger charge is -2.22. The third-order valence-corrected chi connectivity index (χ3v) is 2.64. The lowest BCUT2D eigenvalue weighted by Crippen LogP contribution is -2.35. The van der Waals surface area contributed by atoms with Crippen LogP contribution in [0.2, 0.25) is 0 Å². The van der Waals surface area contributed by atoms with Crippen LogP contribution in [0.25, 0.3) is 0 Å². The van der Waals surface area contributed by atoms with E-state index in [1.54, 1.807) is 17.8 Å². The zero-order chi connectivity index (χ0) is 13.1. The van der Waals surface area contributed by atoms with Crippen molar-refractivity contribution in [3.63, 3.8) is 0 Å². The topological polar surface area (TPSA) is 21.1 Å². The van der Waals surface area contributed by atoms with E-state index in [-0.39, 0.29) is 6.54 Å². The summed E-state index contributed by atoms with van der Waals surface area (Å²) in [5, 5.41) is 4.63. The van der Waals surface area contributed by atoms with E-state index in [0.717, 1.165) is 11.4 Å². The maximum atomic E-state index is 12.4. The molecule has 0 spiro atoms. The summed E-state index contributed by atoms with van der Waals surface area (Å²) in [6, 6.07) is 1.80. The molecule has 0 aliphatic rings. The highest BCUT2D eigenvalue weighted by Gasteiger charge is 2.30. The number of aryl methyl sites for hydroxylation is 2. The number of hydrogen-bond acceptors (Lipinski definition) is 2. The minimum Gasteiger partial charge on any atom is -0.288 e. The third-order valence-electron chi connectivity index (χ3n) is 2.29. The molecule has 0 saturated heterocycles. The van der Waals surface area contributed by atoms with Crippen LogP contribution in [-0.4, -0.2) is 39.3 Å². The lowest BCUT2D eigenvalue weighted by atomic mass is 10.3. The molecule has 17 heavy (non-hydrogen) atoms. The number of halogens is 4. The van der Waals surface area contributed by atoms with Gasteiger partial charge in [-0.2, -0.15) is 18.3 Å². The molecule has 0 unspecified atom stereocenters. The van der Waals surface area contributed by atoms with Crippen molar-refractivity contribution >= 4 is 15.9 Å². The van der Waals surface area contributed by atoms with Gasteiger partial charge in [-0.25, -0.2) is 0 Å². The van der Waals surface area contributed by atoms with Gasteiger partial charge in [0.15, 0.2) is 0 Å². The molecule has 0 saturated carbocycles. The van der Waals surface area contributed by atoms with E-state index in [4.69, 9.17) is 0 Å². The van der Waals surface area contributed by atoms with E-state index in [1.807, 2.05) is 6.92 Å². The van der Waals surface area contributed by atoms with Gasteiger partial charge in [-0.1, -0.05) is 15.9 Å². The van der Waals surface area contributed by atoms with Crippen molar-refractivity contribution < 1.29 is 13.2 Å². The zero-order valence-corrected chi connectivity index (χ0v) is 11.3. The molecule has 0 radical (unpaired) electrons. The fourth-order valence-electron chi connectivity index (χ4n) is 1.63. The predicted molar refractivity (Wildman–Crippen MR) is 63.1 cm³/mol. The Morgan fingerprint density at radius 2 is 2.12 bits per heavy atom. The van der Waals surface area contributed by atoms with Crippen LogP contribution in [0.5, 0.6) is 0 Å². The Balaban J connectivity index is 2.69. The van der Waals surface area contributed by atoms with Crippen molar-refractivity contribution in [1.29, 1.82) is 0 Å². The number of aromatic nitrogens is 2. The van der Waals surface area contributed by atoms with Crippen molar-refractivity contribution in [2.24, 2.45) is 7.05 Å². The highest BCUT2D eigenvalue weighted by atomic mass is 79.9. The van der Waals surface area contributed by atoms with Crippen molar-refractivity contribution in [2.75, 3.05) is 18.4 Å². The van der Waals surface area contributed by atoms with Gasteiger partial charge < -0.3 is 0 Å². The summed E-state index contributed by atoms with van der Waals surface area (Å²) < 4.78 is 38.7. The van der Waals surface area contributed by atoms with E-state index in [1.165, 1.54) is 4.90 Å². The van der Waals surface area contributed by atoms with Crippen LogP contribution in [-0.2, 0) is 13.6 Å². The SMILES string of the molecule is Cc1cc(CN(CCBr)CC(F)(F)F)n(C)n1. The van der Waals surface area contributed by atoms with Crippen LogP contribution < -0.4 is 0 Å². The van der Waals surface area contributed by atoms with Crippen molar-refractivity contribution in [3.8, 4) is 0 Å². The molecule has 0 aliphatic carbocycles. The van der Waals surface area contributed by atoms with Crippen LogP contribution in [0.4, 0.5) is 13.2 Å². The van der Waals surface area contributed by atoms with E-state index in [2.05, 4.69) is 21.0 Å². The molecule has 0 aromatic carbocycles. The first-order valence-corrected chi connectivity index (χ1v) is 6.28. The summed E-state index contributed by atoms with van der Waals surface area (Å²) in [5.41, 5.74) is 1.60. The van der Waals surface area contributed by atoms with Crippen molar-refractivity contribution in [2.45, 2.75) is 19.6 Å². The quantitative estimate of drug-likeness (QED) is 0.779. The Morgan fingerprint density at radius 3 is 2.53 bits per heavy atom. The molecule has 0 N–H and O–H groups in total. The smallest absolute Gasteiger partial charge is 0.288 e. The van der Waals surface area contributed by atoms with E-state index in [9.17, 15) is 13.2 Å². The molecule has 98 valence electrons. The molecule has 0 amide bonds. The van der Waals surface area contributed by atoms with Crippen LogP contribution in [0.15, 0.2) is 6.07 Å². The summed E-state index contributed by atoms with van der Waals surface area (Å²) in [7, 11) is 1.74. The van der Waals surface area contributed by atoms with Gasteiger partial charge >= 0.3 is 6.18 Å². The molecule has 0 atom stereocenters. The maximum absolute atomic E-state index is 12.4. The fraction of sp³-hybridized carbons (Fsp3) is 0.700. The van der Waals surface area contributed by atoms with Crippen molar-refractivity contribution in [3.05, 3.63) is 17.5 Å². The van der Waals surface area contributed by atoms with Gasteiger partial charge in [0.25, 0.3) is 0 Å². The number of alkyl halides is 4. The van der Waals surface area contributed by atoms with Crippen LogP contribution in [0.3, 0.4) is 0 Å². The van der Waals surface area contributed by atoms with Gasteiger partial charge in [-0.15, -0.1) is 0 Å². The Labute approximate surface area is 107 Å². The second-order valence-electron chi connectivity index (χ2n) is 3.92. The summed E-state index contributed by atoms with van der Waals surface area (Å²) in [4.78, 5) is 1.35. The zero-order valence-electron chi connectivity index (χ0n) is 9.76. The van der Waals surface area contributed by atoms with Gasteiger partial charge in [0.2, 0.25) is 0 Å². The average Bonchev–Trinajstić information content (AvgIpc) is 2.42. The predicted octanol–water partition coefficient (Wildman–Crippen LogP) is 2.49. The molecule has 0 aliphatic heterocycles. The maximum Gasteiger partial charge on any atom is 0.401 e. The first-order chi connectivity index (χ1) is 7.81. The Morgan fingerprint density at radius 1 is 1.47 bits per heavy atom. The molecule has 1 aromatic rings. The first kappa shape index (κ1) is 14.5. The Bertz CT molecular complexity index is 362. The second kappa shape index (κ2) is 5.86. The second-order valence-corrected chi connectivity index (χ2v) is 4.71. The first-order valence-electron chi connectivity index (χ1n) is 5.16. The van der Waals surface area contributed by atoms with Crippen LogP contribution in [0, 0.1) is 6.92 Å². The highest BCUT2D eigenvalue weighted by Crippen LogP contribution is 2.18. The van der Waals surface area contributed by atoms with Crippen LogP contribution >= 0.6 is 15.9 Å². The fourth-order valence-corrected chi connectivity index (χ4v) is 2.13. The third kappa shape index (κ3) is 5.08. The van der Waals surface area contributed by atoms with Gasteiger partial charge in [0, 0.05) is 25.5 Å². The van der Waals surface area contributed by atoms with Gasteiger partial charge in [0.1, 0.15) is 0 Å². The molecule has 1 rings (SSSR count). The summed E-state index contributed by atoms with van der Waals surface area (Å²) in [6.07, 6.45) is -4.17. The summed E-state index contributed by atoms with van der Waals surface area (Å²) in [5.74, 6) is 0. The molecular weight excluding hydrogens is 299 g/mol. The number of rotatable bonds is 5. The normalized spacial score (nSPS) is 12.4. The van der Waals surface area contributed by atoms with Gasteiger partial charge in [-0.3, -0.25) is 9.58 Å². The largest absolute Gasteiger partial charge is 0.401 e. The average molecular weight is 314 g/mol. The van der Waals surface area contributed by atoms with E-state index < -0.39 is 12.7 Å². The Kier molecular flexibility index (Phi) is 5.00. The van der Waals surface area contributed by atoms with Gasteiger partial charge in [-0.05, 0) is 13.0 Å². The number of nitrogens with zero attached hydrogens (tertiary/aromatic N) is 3. The summed E-state index contributed by atoms with van der Waals surface area (Å²) >= 11 is 3.16. The number of hydrogen-bond donors (Lipinski definition) is 0. The van der Waals surface area contributed by atoms with Gasteiger partial charge in [0.05, 0.1) is 17.9 Å². The molecule has 1 heterocycles. The Hall–Kier alpha value is -0.560.